The smallest absolute Gasteiger partial charge is 0.319 e. The van der Waals surface area contributed by atoms with Gasteiger partial charge in [0.05, 0.1) is 0 Å². The molecule has 5 heteroatoms. The van der Waals surface area contributed by atoms with Crippen LogP contribution < -0.4 is 15.5 Å². The Labute approximate surface area is 142 Å². The molecule has 2 aromatic rings. The average molecular weight is 323 g/mol. The van der Waals surface area contributed by atoms with Crippen LogP contribution in [0.1, 0.15) is 12.5 Å². The summed E-state index contributed by atoms with van der Waals surface area (Å²) in [4.78, 5) is 24.7. The molecule has 124 valence electrons. The van der Waals surface area contributed by atoms with Crippen LogP contribution in [0.15, 0.2) is 60.7 Å². The highest BCUT2D eigenvalue weighted by Crippen LogP contribution is 2.16. The molecule has 5 nitrogen and oxygen atoms in total. The molecule has 0 aliphatic heterocycles. The number of benzene rings is 2. The van der Waals surface area contributed by atoms with Crippen molar-refractivity contribution in [3.05, 3.63) is 66.2 Å². The molecule has 2 N–H and O–H groups in total. The van der Waals surface area contributed by atoms with Crippen LogP contribution in [0.2, 0.25) is 0 Å². The number of hydrogen-bond donors (Lipinski definition) is 2. The van der Waals surface area contributed by atoms with E-state index >= 15 is 0 Å². The fourth-order valence-electron chi connectivity index (χ4n) is 2.04. The third-order valence-electron chi connectivity index (χ3n) is 3.48. The van der Waals surface area contributed by atoms with E-state index in [9.17, 15) is 9.59 Å². The van der Waals surface area contributed by atoms with Gasteiger partial charge in [-0.25, -0.2) is 4.79 Å². The van der Waals surface area contributed by atoms with Crippen LogP contribution >= 0.6 is 0 Å². The number of nitrogens with one attached hydrogen (secondary N) is 2. The zero-order valence-electron chi connectivity index (χ0n) is 13.8. The van der Waals surface area contributed by atoms with Gasteiger partial charge in [0, 0.05) is 31.9 Å². The molecule has 0 radical (unpaired) electrons. The van der Waals surface area contributed by atoms with Crippen molar-refractivity contribution in [1.82, 2.24) is 5.32 Å². The molecule has 0 heterocycles. The molecule has 2 rings (SSSR count). The summed E-state index contributed by atoms with van der Waals surface area (Å²) in [6.07, 6.45) is 3.84. The van der Waals surface area contributed by atoms with Crippen molar-refractivity contribution in [2.45, 2.75) is 6.92 Å². The second-order valence-electron chi connectivity index (χ2n) is 5.27. The molecule has 0 aliphatic rings. The summed E-state index contributed by atoms with van der Waals surface area (Å²) in [5.74, 6) is -0.0429. The predicted molar refractivity (Wildman–Crippen MR) is 98.0 cm³/mol. The lowest BCUT2D eigenvalue weighted by molar-refractivity contribution is -0.116. The van der Waals surface area contributed by atoms with Crippen LogP contribution in [-0.2, 0) is 4.79 Å². The second-order valence-corrected chi connectivity index (χ2v) is 5.27. The lowest BCUT2D eigenvalue weighted by Crippen LogP contribution is -2.28. The maximum Gasteiger partial charge on any atom is 0.319 e. The van der Waals surface area contributed by atoms with Gasteiger partial charge in [0.15, 0.2) is 0 Å². The van der Waals surface area contributed by atoms with E-state index in [2.05, 4.69) is 10.6 Å². The summed E-state index contributed by atoms with van der Waals surface area (Å²) in [6, 6.07) is 16.7. The van der Waals surface area contributed by atoms with E-state index in [1.54, 1.807) is 31.3 Å². The number of anilines is 2. The summed E-state index contributed by atoms with van der Waals surface area (Å²) < 4.78 is 0. The number of amides is 3. The minimum absolute atomic E-state index is 0.0429. The highest BCUT2D eigenvalue weighted by molar-refractivity contribution is 5.92. The minimum Gasteiger partial charge on any atom is -0.334 e. The van der Waals surface area contributed by atoms with Crippen molar-refractivity contribution < 1.29 is 9.59 Å². The van der Waals surface area contributed by atoms with E-state index in [1.165, 1.54) is 11.8 Å². The van der Waals surface area contributed by atoms with Crippen LogP contribution in [0.3, 0.4) is 0 Å². The van der Waals surface area contributed by atoms with Crippen LogP contribution in [-0.4, -0.2) is 25.5 Å². The Kier molecular flexibility index (Phi) is 6.14. The van der Waals surface area contributed by atoms with Gasteiger partial charge in [-0.15, -0.1) is 0 Å². The number of carbonyl (C=O) groups is 2. The first-order valence-corrected chi connectivity index (χ1v) is 7.67. The molecule has 3 amide bonds. The SMILES string of the molecule is CC(=O)N(C)c1ccc(NC(=O)NCC=Cc2ccccc2)cc1. The quantitative estimate of drug-likeness (QED) is 0.884. The molecule has 24 heavy (non-hydrogen) atoms. The van der Waals surface area contributed by atoms with Crippen molar-refractivity contribution in [1.29, 1.82) is 0 Å². The average Bonchev–Trinajstić information content (AvgIpc) is 2.59. The standard InChI is InChI=1S/C19H21N3O2/c1-15(23)22(2)18-12-10-17(11-13-18)21-19(24)20-14-6-9-16-7-4-3-5-8-16/h3-13H,14H2,1-2H3,(H2,20,21,24). The van der Waals surface area contributed by atoms with Crippen molar-refractivity contribution in [2.24, 2.45) is 0 Å². The zero-order chi connectivity index (χ0) is 17.4. The van der Waals surface area contributed by atoms with Gasteiger partial charge in [0.25, 0.3) is 0 Å². The van der Waals surface area contributed by atoms with Gasteiger partial charge in [-0.3, -0.25) is 4.79 Å². The van der Waals surface area contributed by atoms with E-state index in [0.717, 1.165) is 11.3 Å². The Hall–Kier alpha value is -3.08. The van der Waals surface area contributed by atoms with Crippen molar-refractivity contribution >= 4 is 29.4 Å². The summed E-state index contributed by atoms with van der Waals surface area (Å²) in [6.45, 7) is 1.94. The van der Waals surface area contributed by atoms with Gasteiger partial charge in [0.2, 0.25) is 5.91 Å². The molecule has 0 unspecified atom stereocenters. The molecule has 0 fully saturated rings. The molecule has 0 saturated heterocycles. The Morgan fingerprint density at radius 3 is 2.33 bits per heavy atom. The summed E-state index contributed by atoms with van der Waals surface area (Å²) in [7, 11) is 1.70. The minimum atomic E-state index is -0.277. The number of rotatable bonds is 5. The summed E-state index contributed by atoms with van der Waals surface area (Å²) >= 11 is 0. The molecule has 0 spiro atoms. The van der Waals surface area contributed by atoms with Gasteiger partial charge in [-0.05, 0) is 29.8 Å². The normalized spacial score (nSPS) is 10.4. The fraction of sp³-hybridized carbons (Fsp3) is 0.158. The van der Waals surface area contributed by atoms with E-state index in [1.807, 2.05) is 42.5 Å². The van der Waals surface area contributed by atoms with Gasteiger partial charge < -0.3 is 15.5 Å². The topological polar surface area (TPSA) is 61.4 Å². The summed E-state index contributed by atoms with van der Waals surface area (Å²) in [5.41, 5.74) is 2.53. The third kappa shape index (κ3) is 5.28. The number of urea groups is 1. The molecule has 2 aromatic carbocycles. The van der Waals surface area contributed by atoms with E-state index in [4.69, 9.17) is 0 Å². The van der Waals surface area contributed by atoms with E-state index in [-0.39, 0.29) is 11.9 Å². The number of hydrogen-bond acceptors (Lipinski definition) is 2. The van der Waals surface area contributed by atoms with Crippen molar-refractivity contribution in [3.63, 3.8) is 0 Å². The second kappa shape index (κ2) is 8.53. The Bertz CT molecular complexity index is 709. The third-order valence-corrected chi connectivity index (χ3v) is 3.48. The fourth-order valence-corrected chi connectivity index (χ4v) is 2.04. The van der Waals surface area contributed by atoms with Gasteiger partial charge in [0.1, 0.15) is 0 Å². The lowest BCUT2D eigenvalue weighted by atomic mass is 10.2. The molecule has 0 saturated carbocycles. The van der Waals surface area contributed by atoms with Crippen LogP contribution in [0.25, 0.3) is 6.08 Å². The van der Waals surface area contributed by atoms with Gasteiger partial charge >= 0.3 is 6.03 Å². The Morgan fingerprint density at radius 2 is 1.71 bits per heavy atom. The first-order valence-electron chi connectivity index (χ1n) is 7.67. The maximum atomic E-state index is 11.8. The number of nitrogens with zero attached hydrogens (tertiary/aromatic N) is 1. The first kappa shape index (κ1) is 17.3. The molecule has 0 aliphatic carbocycles. The molecule has 0 aromatic heterocycles. The predicted octanol–water partition coefficient (Wildman–Crippen LogP) is 3.50. The Morgan fingerprint density at radius 1 is 1.04 bits per heavy atom. The Balaban J connectivity index is 1.80. The van der Waals surface area contributed by atoms with Crippen molar-refractivity contribution in [2.75, 3.05) is 23.8 Å². The first-order chi connectivity index (χ1) is 11.6. The van der Waals surface area contributed by atoms with E-state index in [0.29, 0.717) is 12.2 Å². The largest absolute Gasteiger partial charge is 0.334 e. The lowest BCUT2D eigenvalue weighted by Gasteiger charge is -2.15. The zero-order valence-corrected chi connectivity index (χ0v) is 13.8. The van der Waals surface area contributed by atoms with Crippen LogP contribution in [0.5, 0.6) is 0 Å². The number of carbonyl (C=O) groups excluding carboxylic acids is 2. The molecule has 0 bridgehead atoms. The van der Waals surface area contributed by atoms with Crippen LogP contribution in [0.4, 0.5) is 16.2 Å². The van der Waals surface area contributed by atoms with E-state index < -0.39 is 0 Å². The monoisotopic (exact) mass is 323 g/mol. The van der Waals surface area contributed by atoms with Gasteiger partial charge in [-0.1, -0.05) is 42.5 Å². The highest BCUT2D eigenvalue weighted by atomic mass is 16.2. The molecular weight excluding hydrogens is 302 g/mol. The van der Waals surface area contributed by atoms with Crippen LogP contribution in [0, 0.1) is 0 Å². The molecular formula is C19H21N3O2. The maximum absolute atomic E-state index is 11.8. The van der Waals surface area contributed by atoms with Crippen molar-refractivity contribution in [3.8, 4) is 0 Å². The molecule has 0 atom stereocenters. The summed E-state index contributed by atoms with van der Waals surface area (Å²) in [5, 5.41) is 5.50. The van der Waals surface area contributed by atoms with Gasteiger partial charge in [-0.2, -0.15) is 0 Å². The highest BCUT2D eigenvalue weighted by Gasteiger charge is 2.05.